The molecule has 6 nitrogen and oxygen atoms in total. The van der Waals surface area contributed by atoms with Gasteiger partial charge in [0.2, 0.25) is 0 Å². The zero-order valence-corrected chi connectivity index (χ0v) is 12.2. The zero-order valence-electron chi connectivity index (χ0n) is 12.2. The van der Waals surface area contributed by atoms with Crippen molar-refractivity contribution in [3.05, 3.63) is 70.5 Å². The third kappa shape index (κ3) is 2.90. The maximum absolute atomic E-state index is 12.0. The molecule has 22 heavy (non-hydrogen) atoms. The van der Waals surface area contributed by atoms with Crippen LogP contribution in [-0.4, -0.2) is 26.4 Å². The summed E-state index contributed by atoms with van der Waals surface area (Å²) in [6.45, 7) is 0.470. The van der Waals surface area contributed by atoms with Crippen LogP contribution in [0.25, 0.3) is 5.65 Å². The van der Waals surface area contributed by atoms with Gasteiger partial charge >= 0.3 is 0 Å². The molecule has 3 aromatic rings. The molecule has 0 aliphatic heterocycles. The van der Waals surface area contributed by atoms with Crippen LogP contribution in [0.2, 0.25) is 0 Å². The molecule has 0 aromatic carbocycles. The van der Waals surface area contributed by atoms with Gasteiger partial charge in [0.25, 0.3) is 11.5 Å². The molecule has 3 heterocycles. The van der Waals surface area contributed by atoms with Crippen LogP contribution in [0.1, 0.15) is 16.1 Å². The summed E-state index contributed by atoms with van der Waals surface area (Å²) in [7, 11) is 1.65. The Morgan fingerprint density at radius 3 is 2.91 bits per heavy atom. The lowest BCUT2D eigenvalue weighted by Gasteiger charge is -2.04. The van der Waals surface area contributed by atoms with E-state index in [2.05, 4.69) is 10.3 Å². The van der Waals surface area contributed by atoms with E-state index < -0.39 is 0 Å². The van der Waals surface area contributed by atoms with Crippen LogP contribution in [0.15, 0.2) is 53.7 Å². The highest BCUT2D eigenvalue weighted by Gasteiger charge is 2.07. The number of pyridine rings is 2. The standard InChI is InChI=1S/C16H16N4O2/c1-19-9-6-12(10-15(19)21)16(22)17-7-5-13-11-20-8-3-2-4-14(20)18-13/h2-4,6,8-11H,5,7H2,1H3,(H,17,22). The third-order valence-corrected chi connectivity index (χ3v) is 3.45. The number of hydrogen-bond donors (Lipinski definition) is 1. The summed E-state index contributed by atoms with van der Waals surface area (Å²) in [5.74, 6) is -0.249. The van der Waals surface area contributed by atoms with Gasteiger partial charge < -0.3 is 14.3 Å². The van der Waals surface area contributed by atoms with Crippen molar-refractivity contribution in [1.82, 2.24) is 19.3 Å². The maximum atomic E-state index is 12.0. The number of nitrogens with one attached hydrogen (secondary N) is 1. The molecule has 3 aromatic heterocycles. The number of amides is 1. The molecule has 0 aliphatic rings. The molecule has 0 unspecified atom stereocenters. The minimum absolute atomic E-state index is 0.201. The fourth-order valence-corrected chi connectivity index (χ4v) is 2.20. The van der Waals surface area contributed by atoms with Crippen molar-refractivity contribution in [2.75, 3.05) is 6.54 Å². The Morgan fingerprint density at radius 1 is 1.27 bits per heavy atom. The average Bonchev–Trinajstić information content (AvgIpc) is 2.92. The maximum Gasteiger partial charge on any atom is 0.251 e. The monoisotopic (exact) mass is 296 g/mol. The highest BCUT2D eigenvalue weighted by atomic mass is 16.2. The van der Waals surface area contributed by atoms with Crippen LogP contribution in [0, 0.1) is 0 Å². The number of hydrogen-bond acceptors (Lipinski definition) is 3. The van der Waals surface area contributed by atoms with Gasteiger partial charge in [0.1, 0.15) is 5.65 Å². The van der Waals surface area contributed by atoms with E-state index in [0.717, 1.165) is 11.3 Å². The summed E-state index contributed by atoms with van der Waals surface area (Å²) >= 11 is 0. The van der Waals surface area contributed by atoms with E-state index in [-0.39, 0.29) is 11.5 Å². The third-order valence-electron chi connectivity index (χ3n) is 3.45. The summed E-state index contributed by atoms with van der Waals surface area (Å²) in [4.78, 5) is 28.0. The Labute approximate surface area is 127 Å². The lowest BCUT2D eigenvalue weighted by Crippen LogP contribution is -2.27. The number of aryl methyl sites for hydroxylation is 1. The molecule has 3 rings (SSSR count). The summed E-state index contributed by atoms with van der Waals surface area (Å²) < 4.78 is 3.37. The van der Waals surface area contributed by atoms with Crippen LogP contribution in [0.3, 0.4) is 0 Å². The van der Waals surface area contributed by atoms with Crippen molar-refractivity contribution in [2.45, 2.75) is 6.42 Å². The van der Waals surface area contributed by atoms with E-state index in [1.807, 2.05) is 35.0 Å². The molecule has 6 heteroatoms. The van der Waals surface area contributed by atoms with Crippen LogP contribution >= 0.6 is 0 Å². The van der Waals surface area contributed by atoms with Crippen molar-refractivity contribution in [3.63, 3.8) is 0 Å². The predicted octanol–water partition coefficient (Wildman–Crippen LogP) is 1.01. The molecule has 0 saturated carbocycles. The average molecular weight is 296 g/mol. The number of imidazole rings is 1. The SMILES string of the molecule is Cn1ccc(C(=O)NCCc2cn3ccccc3n2)cc1=O. The lowest BCUT2D eigenvalue weighted by molar-refractivity contribution is 0.0954. The minimum Gasteiger partial charge on any atom is -0.352 e. The van der Waals surface area contributed by atoms with Gasteiger partial charge in [-0.05, 0) is 18.2 Å². The van der Waals surface area contributed by atoms with E-state index in [0.29, 0.717) is 18.5 Å². The molecule has 0 atom stereocenters. The van der Waals surface area contributed by atoms with Gasteiger partial charge in [-0.3, -0.25) is 9.59 Å². The Kier molecular flexibility index (Phi) is 3.74. The van der Waals surface area contributed by atoms with Gasteiger partial charge in [0.15, 0.2) is 0 Å². The highest BCUT2D eigenvalue weighted by molar-refractivity contribution is 5.93. The van der Waals surface area contributed by atoms with Crippen LogP contribution in [0.4, 0.5) is 0 Å². The number of nitrogens with zero attached hydrogens (tertiary/aromatic N) is 3. The Morgan fingerprint density at radius 2 is 2.14 bits per heavy atom. The first kappa shape index (κ1) is 14.1. The second kappa shape index (κ2) is 5.85. The fraction of sp³-hybridized carbons (Fsp3) is 0.188. The summed E-state index contributed by atoms with van der Waals surface area (Å²) in [6.07, 6.45) is 6.10. The number of rotatable bonds is 4. The molecule has 0 radical (unpaired) electrons. The second-order valence-electron chi connectivity index (χ2n) is 5.07. The normalized spacial score (nSPS) is 10.8. The molecule has 0 spiro atoms. The number of carbonyl (C=O) groups is 1. The van der Waals surface area contributed by atoms with Gasteiger partial charge in [-0.25, -0.2) is 4.98 Å². The van der Waals surface area contributed by atoms with Gasteiger partial charge in [-0.2, -0.15) is 0 Å². The fourth-order valence-electron chi connectivity index (χ4n) is 2.20. The number of carbonyl (C=O) groups excluding carboxylic acids is 1. The highest BCUT2D eigenvalue weighted by Crippen LogP contribution is 2.04. The number of aromatic nitrogens is 3. The predicted molar refractivity (Wildman–Crippen MR) is 82.9 cm³/mol. The van der Waals surface area contributed by atoms with Crippen molar-refractivity contribution in [1.29, 1.82) is 0 Å². The van der Waals surface area contributed by atoms with Crippen molar-refractivity contribution in [3.8, 4) is 0 Å². The zero-order chi connectivity index (χ0) is 15.5. The Bertz CT molecular complexity index is 846. The second-order valence-corrected chi connectivity index (χ2v) is 5.07. The van der Waals surface area contributed by atoms with Gasteiger partial charge in [-0.1, -0.05) is 6.07 Å². The van der Waals surface area contributed by atoms with E-state index in [9.17, 15) is 9.59 Å². The smallest absolute Gasteiger partial charge is 0.251 e. The lowest BCUT2D eigenvalue weighted by atomic mass is 10.2. The Hall–Kier alpha value is -2.89. The van der Waals surface area contributed by atoms with Gasteiger partial charge in [0, 0.05) is 50.2 Å². The van der Waals surface area contributed by atoms with Crippen molar-refractivity contribution in [2.24, 2.45) is 7.05 Å². The van der Waals surface area contributed by atoms with Crippen molar-refractivity contribution >= 4 is 11.6 Å². The Balaban J connectivity index is 1.61. The molecule has 0 aliphatic carbocycles. The first-order valence-corrected chi connectivity index (χ1v) is 7.01. The van der Waals surface area contributed by atoms with Crippen LogP contribution in [-0.2, 0) is 13.5 Å². The molecule has 112 valence electrons. The summed E-state index contributed by atoms with van der Waals surface area (Å²) in [6, 6.07) is 8.77. The molecule has 0 saturated heterocycles. The van der Waals surface area contributed by atoms with E-state index in [4.69, 9.17) is 0 Å². The van der Waals surface area contributed by atoms with Crippen LogP contribution in [0.5, 0.6) is 0 Å². The quantitative estimate of drug-likeness (QED) is 0.781. The summed E-state index contributed by atoms with van der Waals surface area (Å²) in [5, 5.41) is 2.80. The molecular weight excluding hydrogens is 280 g/mol. The molecule has 0 bridgehead atoms. The summed E-state index contributed by atoms with van der Waals surface area (Å²) in [5.41, 5.74) is 1.97. The minimum atomic E-state index is -0.249. The number of fused-ring (bicyclic) bond motifs is 1. The van der Waals surface area contributed by atoms with Crippen LogP contribution < -0.4 is 10.9 Å². The topological polar surface area (TPSA) is 68.4 Å². The first-order valence-electron chi connectivity index (χ1n) is 7.01. The molecule has 0 fully saturated rings. The molecule has 1 N–H and O–H groups in total. The largest absolute Gasteiger partial charge is 0.352 e. The van der Waals surface area contributed by atoms with E-state index in [1.165, 1.54) is 10.6 Å². The van der Waals surface area contributed by atoms with E-state index >= 15 is 0 Å². The van der Waals surface area contributed by atoms with Gasteiger partial charge in [0.05, 0.1) is 5.69 Å². The van der Waals surface area contributed by atoms with Gasteiger partial charge in [-0.15, -0.1) is 0 Å². The van der Waals surface area contributed by atoms with E-state index in [1.54, 1.807) is 19.3 Å². The molecule has 1 amide bonds. The molecular formula is C16H16N4O2. The van der Waals surface area contributed by atoms with Crippen molar-refractivity contribution < 1.29 is 4.79 Å². The first-order chi connectivity index (χ1) is 10.6.